The summed E-state index contributed by atoms with van der Waals surface area (Å²) in [6.07, 6.45) is 0. The van der Waals surface area contributed by atoms with Crippen LogP contribution >= 0.6 is 0 Å². The zero-order valence-corrected chi connectivity index (χ0v) is 13.2. The third kappa shape index (κ3) is 3.55. The van der Waals surface area contributed by atoms with Gasteiger partial charge in [-0.05, 0) is 43.3 Å². The smallest absolute Gasteiger partial charge is 0.258 e. The maximum atomic E-state index is 12.0. The molecular weight excluding hydrogens is 304 g/mol. The Morgan fingerprint density at radius 2 is 2.00 bits per heavy atom. The van der Waals surface area contributed by atoms with Crippen molar-refractivity contribution in [3.05, 3.63) is 65.9 Å². The van der Waals surface area contributed by atoms with Crippen LogP contribution in [0.1, 0.15) is 24.3 Å². The lowest BCUT2D eigenvalue weighted by Gasteiger charge is -2.12. The number of nitrogens with zero attached hydrogens (tertiary/aromatic N) is 1. The Bertz CT molecular complexity index is 858. The van der Waals surface area contributed by atoms with Gasteiger partial charge < -0.3 is 14.5 Å². The fraction of sp³-hybridized carbons (Fsp3) is 0.158. The van der Waals surface area contributed by atoms with Crippen LogP contribution in [-0.2, 0) is 4.79 Å². The second-order valence-electron chi connectivity index (χ2n) is 5.40. The van der Waals surface area contributed by atoms with E-state index in [4.69, 9.17) is 14.4 Å². The third-order valence-electron chi connectivity index (χ3n) is 3.60. The highest BCUT2D eigenvalue weighted by Gasteiger charge is 2.14. The van der Waals surface area contributed by atoms with Crippen molar-refractivity contribution in [2.75, 3.05) is 6.61 Å². The highest BCUT2D eigenvalue weighted by Crippen LogP contribution is 2.23. The molecular formula is C19H16N2O3. The lowest BCUT2D eigenvalue weighted by molar-refractivity contribution is -0.123. The van der Waals surface area contributed by atoms with Gasteiger partial charge in [-0.25, -0.2) is 0 Å². The minimum Gasteiger partial charge on any atom is -0.484 e. The summed E-state index contributed by atoms with van der Waals surface area (Å²) in [5.41, 5.74) is 1.34. The number of furan rings is 1. The van der Waals surface area contributed by atoms with Crippen molar-refractivity contribution in [1.29, 1.82) is 5.26 Å². The number of hydrogen-bond donors (Lipinski definition) is 1. The number of benzene rings is 2. The molecule has 5 heteroatoms. The molecule has 24 heavy (non-hydrogen) atoms. The van der Waals surface area contributed by atoms with Gasteiger partial charge in [0.25, 0.3) is 5.91 Å². The van der Waals surface area contributed by atoms with Crippen LogP contribution in [0.4, 0.5) is 0 Å². The van der Waals surface area contributed by atoms with Crippen LogP contribution in [0, 0.1) is 11.3 Å². The number of nitrogens with one attached hydrogen (secondary N) is 1. The number of carbonyl (C=O) groups excluding carboxylic acids is 1. The molecule has 0 saturated carbocycles. The highest BCUT2D eigenvalue weighted by atomic mass is 16.5. The number of para-hydroxylation sites is 1. The summed E-state index contributed by atoms with van der Waals surface area (Å²) in [5, 5.41) is 12.6. The van der Waals surface area contributed by atoms with E-state index in [0.29, 0.717) is 17.1 Å². The summed E-state index contributed by atoms with van der Waals surface area (Å²) < 4.78 is 11.1. The Hall–Kier alpha value is -3.26. The van der Waals surface area contributed by atoms with E-state index in [9.17, 15) is 4.79 Å². The zero-order valence-electron chi connectivity index (χ0n) is 13.2. The quantitative estimate of drug-likeness (QED) is 0.780. The van der Waals surface area contributed by atoms with Crippen molar-refractivity contribution in [2.24, 2.45) is 0 Å². The van der Waals surface area contributed by atoms with Gasteiger partial charge in [-0.3, -0.25) is 4.79 Å². The molecule has 0 radical (unpaired) electrons. The van der Waals surface area contributed by atoms with E-state index >= 15 is 0 Å². The van der Waals surface area contributed by atoms with E-state index in [1.54, 1.807) is 24.3 Å². The van der Waals surface area contributed by atoms with Crippen LogP contribution in [0.2, 0.25) is 0 Å². The fourth-order valence-corrected chi connectivity index (χ4v) is 2.34. The second-order valence-corrected chi connectivity index (χ2v) is 5.40. The first-order valence-corrected chi connectivity index (χ1v) is 7.56. The van der Waals surface area contributed by atoms with Gasteiger partial charge in [-0.2, -0.15) is 5.26 Å². The first-order valence-electron chi connectivity index (χ1n) is 7.56. The lowest BCUT2D eigenvalue weighted by Crippen LogP contribution is -2.31. The van der Waals surface area contributed by atoms with Gasteiger partial charge in [0.05, 0.1) is 17.7 Å². The second kappa shape index (κ2) is 6.88. The normalized spacial score (nSPS) is 11.7. The predicted octanol–water partition coefficient (Wildman–Crippen LogP) is 3.56. The molecule has 1 unspecified atom stereocenters. The maximum Gasteiger partial charge on any atom is 0.258 e. The van der Waals surface area contributed by atoms with Crippen LogP contribution in [-0.4, -0.2) is 12.5 Å². The van der Waals surface area contributed by atoms with Gasteiger partial charge in [-0.1, -0.05) is 18.2 Å². The van der Waals surface area contributed by atoms with Gasteiger partial charge in [0.1, 0.15) is 17.1 Å². The van der Waals surface area contributed by atoms with Gasteiger partial charge in [-0.15, -0.1) is 0 Å². The summed E-state index contributed by atoms with van der Waals surface area (Å²) in [6, 6.07) is 18.0. The number of hydrogen-bond acceptors (Lipinski definition) is 4. The Labute approximate surface area is 139 Å². The van der Waals surface area contributed by atoms with Gasteiger partial charge in [0.2, 0.25) is 0 Å². The van der Waals surface area contributed by atoms with Crippen LogP contribution in [0.5, 0.6) is 5.75 Å². The Kier molecular flexibility index (Phi) is 4.48. The van der Waals surface area contributed by atoms with E-state index in [2.05, 4.69) is 5.32 Å². The summed E-state index contributed by atoms with van der Waals surface area (Å²) in [4.78, 5) is 12.0. The maximum absolute atomic E-state index is 12.0. The highest BCUT2D eigenvalue weighted by molar-refractivity contribution is 5.79. The molecule has 3 aromatic rings. The van der Waals surface area contributed by atoms with E-state index < -0.39 is 0 Å². The molecule has 2 aromatic carbocycles. The topological polar surface area (TPSA) is 75.3 Å². The van der Waals surface area contributed by atoms with Gasteiger partial charge in [0, 0.05) is 5.39 Å². The molecule has 0 aliphatic rings. The van der Waals surface area contributed by atoms with Crippen LogP contribution < -0.4 is 10.1 Å². The molecule has 3 rings (SSSR count). The standard InChI is InChI=1S/C19H16N2O3/c1-13(18-10-15-4-2-3-5-17(15)24-18)21-19(22)12-23-16-8-6-14(11-20)7-9-16/h2-10,13H,12H2,1H3,(H,21,22). The minimum absolute atomic E-state index is 0.101. The largest absolute Gasteiger partial charge is 0.484 e. The Balaban J connectivity index is 1.56. The zero-order chi connectivity index (χ0) is 16.9. The molecule has 1 N–H and O–H groups in total. The predicted molar refractivity (Wildman–Crippen MR) is 89.4 cm³/mol. The molecule has 1 heterocycles. The van der Waals surface area contributed by atoms with E-state index in [-0.39, 0.29) is 18.6 Å². The lowest BCUT2D eigenvalue weighted by atomic mass is 10.2. The average Bonchev–Trinajstić information content (AvgIpc) is 3.05. The summed E-state index contributed by atoms with van der Waals surface area (Å²) >= 11 is 0. The number of amides is 1. The molecule has 120 valence electrons. The van der Waals surface area contributed by atoms with Crippen molar-refractivity contribution in [3.8, 4) is 11.8 Å². The Morgan fingerprint density at radius 3 is 2.71 bits per heavy atom. The minimum atomic E-state index is -0.255. The molecule has 0 aliphatic heterocycles. The van der Waals surface area contributed by atoms with Crippen LogP contribution in [0.3, 0.4) is 0 Å². The number of nitriles is 1. The van der Waals surface area contributed by atoms with E-state index in [1.807, 2.05) is 43.3 Å². The summed E-state index contributed by atoms with van der Waals surface area (Å²) in [5.74, 6) is 0.996. The van der Waals surface area contributed by atoms with Crippen molar-refractivity contribution in [1.82, 2.24) is 5.32 Å². The average molecular weight is 320 g/mol. The monoisotopic (exact) mass is 320 g/mol. The number of fused-ring (bicyclic) bond motifs is 1. The molecule has 1 amide bonds. The first kappa shape index (κ1) is 15.6. The van der Waals surface area contributed by atoms with Crippen molar-refractivity contribution in [2.45, 2.75) is 13.0 Å². The molecule has 0 saturated heterocycles. The molecule has 1 atom stereocenters. The van der Waals surface area contributed by atoms with Crippen LogP contribution in [0.25, 0.3) is 11.0 Å². The molecule has 5 nitrogen and oxygen atoms in total. The third-order valence-corrected chi connectivity index (χ3v) is 3.60. The molecule has 0 bridgehead atoms. The van der Waals surface area contributed by atoms with Crippen molar-refractivity contribution < 1.29 is 13.9 Å². The van der Waals surface area contributed by atoms with E-state index in [0.717, 1.165) is 11.0 Å². The summed E-state index contributed by atoms with van der Waals surface area (Å²) in [7, 11) is 0. The number of ether oxygens (including phenoxy) is 1. The number of rotatable bonds is 5. The van der Waals surface area contributed by atoms with Gasteiger partial charge >= 0.3 is 0 Å². The molecule has 0 fully saturated rings. The fourth-order valence-electron chi connectivity index (χ4n) is 2.34. The van der Waals surface area contributed by atoms with Crippen molar-refractivity contribution in [3.63, 3.8) is 0 Å². The first-order chi connectivity index (χ1) is 11.7. The van der Waals surface area contributed by atoms with Crippen molar-refractivity contribution >= 4 is 16.9 Å². The molecule has 0 spiro atoms. The summed E-state index contributed by atoms with van der Waals surface area (Å²) in [6.45, 7) is 1.76. The Morgan fingerprint density at radius 1 is 1.25 bits per heavy atom. The molecule has 0 aliphatic carbocycles. The van der Waals surface area contributed by atoms with Gasteiger partial charge in [0.15, 0.2) is 6.61 Å². The van der Waals surface area contributed by atoms with Crippen LogP contribution in [0.15, 0.2) is 59.0 Å². The van der Waals surface area contributed by atoms with E-state index in [1.165, 1.54) is 0 Å². The SMILES string of the molecule is CC(NC(=O)COc1ccc(C#N)cc1)c1cc2ccccc2o1. The number of carbonyl (C=O) groups is 1. The molecule has 1 aromatic heterocycles.